The molecule has 0 fully saturated rings. The van der Waals surface area contributed by atoms with E-state index in [1.807, 2.05) is 12.1 Å². The van der Waals surface area contributed by atoms with E-state index < -0.39 is 0 Å². The molecule has 0 bridgehead atoms. The number of furan rings is 1. The molecule has 46 heavy (non-hydrogen) atoms. The molecule has 0 aliphatic heterocycles. The highest BCUT2D eigenvalue weighted by molar-refractivity contribution is 6.12. The lowest BCUT2D eigenvalue weighted by atomic mass is 9.94. The summed E-state index contributed by atoms with van der Waals surface area (Å²) < 4.78 is 8.87. The Morgan fingerprint density at radius 1 is 0.435 bits per heavy atom. The Kier molecular flexibility index (Phi) is 6.14. The molecule has 2 heterocycles. The number of imidazole rings is 1. The monoisotopic (exact) mass is 588 g/mol. The molecule has 0 aliphatic rings. The predicted octanol–water partition coefficient (Wildman–Crippen LogP) is 11.6. The van der Waals surface area contributed by atoms with E-state index in [9.17, 15) is 0 Å². The van der Waals surface area contributed by atoms with Crippen LogP contribution in [-0.2, 0) is 0 Å². The molecule has 0 atom stereocenters. The van der Waals surface area contributed by atoms with Crippen LogP contribution in [0.1, 0.15) is 0 Å². The average Bonchev–Trinajstić information content (AvgIpc) is 3.71. The molecule has 9 rings (SSSR count). The SMILES string of the molecule is c1ccc(-c2ccc3oc4c(-c5ccc(-c6nc7ccccc7n6-c6ccccc6)cc5)cc(-c5ccccc5)cc4c3c2)cc1. The summed E-state index contributed by atoms with van der Waals surface area (Å²) in [7, 11) is 0. The Hall–Kier alpha value is -6.19. The number of rotatable bonds is 5. The van der Waals surface area contributed by atoms with Crippen molar-refractivity contribution in [2.45, 2.75) is 0 Å². The van der Waals surface area contributed by atoms with Crippen LogP contribution in [0.5, 0.6) is 0 Å². The third kappa shape index (κ3) is 4.41. The van der Waals surface area contributed by atoms with Gasteiger partial charge in [0.25, 0.3) is 0 Å². The van der Waals surface area contributed by atoms with Crippen molar-refractivity contribution >= 4 is 33.0 Å². The second kappa shape index (κ2) is 10.8. The van der Waals surface area contributed by atoms with Gasteiger partial charge in [0.05, 0.1) is 11.0 Å². The van der Waals surface area contributed by atoms with Crippen LogP contribution >= 0.6 is 0 Å². The van der Waals surface area contributed by atoms with Gasteiger partial charge in [-0.1, -0.05) is 121 Å². The zero-order chi connectivity index (χ0) is 30.5. The van der Waals surface area contributed by atoms with Crippen LogP contribution in [0.4, 0.5) is 0 Å². The van der Waals surface area contributed by atoms with Crippen molar-refractivity contribution in [3.8, 4) is 50.5 Å². The first kappa shape index (κ1) is 26.2. The zero-order valence-electron chi connectivity index (χ0n) is 25.0. The van der Waals surface area contributed by atoms with Crippen molar-refractivity contribution in [2.75, 3.05) is 0 Å². The molecule has 0 saturated heterocycles. The highest BCUT2D eigenvalue weighted by Crippen LogP contribution is 2.41. The van der Waals surface area contributed by atoms with E-state index in [1.165, 1.54) is 16.7 Å². The number of benzene rings is 7. The average molecular weight is 589 g/mol. The van der Waals surface area contributed by atoms with E-state index in [1.54, 1.807) is 0 Å². The lowest BCUT2D eigenvalue weighted by Crippen LogP contribution is -1.97. The third-order valence-electron chi connectivity index (χ3n) is 8.81. The zero-order valence-corrected chi connectivity index (χ0v) is 25.0. The summed E-state index contributed by atoms with van der Waals surface area (Å²) in [6.45, 7) is 0. The van der Waals surface area contributed by atoms with Gasteiger partial charge in [0, 0.05) is 27.6 Å². The maximum absolute atomic E-state index is 6.63. The van der Waals surface area contributed by atoms with Crippen molar-refractivity contribution in [2.24, 2.45) is 0 Å². The van der Waals surface area contributed by atoms with Crippen LogP contribution < -0.4 is 0 Å². The molecular formula is C43H28N2O. The van der Waals surface area contributed by atoms with Crippen LogP contribution in [0.2, 0.25) is 0 Å². The van der Waals surface area contributed by atoms with Gasteiger partial charge in [-0.2, -0.15) is 0 Å². The summed E-state index contributed by atoms with van der Waals surface area (Å²) in [6.07, 6.45) is 0. The first-order chi connectivity index (χ1) is 22.8. The normalized spacial score (nSPS) is 11.5. The van der Waals surface area contributed by atoms with Crippen molar-refractivity contribution in [1.82, 2.24) is 9.55 Å². The molecule has 0 amide bonds. The summed E-state index contributed by atoms with van der Waals surface area (Å²) in [6, 6.07) is 59.6. The number of para-hydroxylation sites is 3. The standard InChI is InChI=1S/C43H28N2O/c1-4-12-29(13-5-1)33-24-25-41-37(26-33)38-28-34(30-14-6-2-7-15-30)27-36(42(38)46-41)31-20-22-32(23-21-31)43-44-39-18-10-11-19-40(39)45(43)35-16-8-3-9-17-35/h1-28H. The molecule has 216 valence electrons. The molecule has 0 aliphatic carbocycles. The minimum absolute atomic E-state index is 0.884. The third-order valence-corrected chi connectivity index (χ3v) is 8.81. The molecule has 3 heteroatoms. The van der Waals surface area contributed by atoms with Crippen LogP contribution in [-0.4, -0.2) is 9.55 Å². The lowest BCUT2D eigenvalue weighted by Gasteiger charge is -2.11. The Morgan fingerprint density at radius 3 is 1.76 bits per heavy atom. The fourth-order valence-corrected chi connectivity index (χ4v) is 6.56. The Morgan fingerprint density at radius 2 is 1.02 bits per heavy atom. The number of fused-ring (bicyclic) bond motifs is 4. The van der Waals surface area contributed by atoms with Gasteiger partial charge in [0.2, 0.25) is 0 Å². The highest BCUT2D eigenvalue weighted by Gasteiger charge is 2.18. The molecule has 0 N–H and O–H groups in total. The van der Waals surface area contributed by atoms with Crippen molar-refractivity contribution in [3.05, 3.63) is 170 Å². The second-order valence-electron chi connectivity index (χ2n) is 11.6. The van der Waals surface area contributed by atoms with Crippen molar-refractivity contribution < 1.29 is 4.42 Å². The fraction of sp³-hybridized carbons (Fsp3) is 0. The van der Waals surface area contributed by atoms with Gasteiger partial charge in [-0.25, -0.2) is 4.98 Å². The van der Waals surface area contributed by atoms with Gasteiger partial charge in [0.1, 0.15) is 17.0 Å². The molecular weight excluding hydrogens is 560 g/mol. The molecule has 0 unspecified atom stereocenters. The van der Waals surface area contributed by atoms with E-state index in [0.717, 1.165) is 66.7 Å². The van der Waals surface area contributed by atoms with Gasteiger partial charge in [-0.3, -0.25) is 4.57 Å². The molecule has 7 aromatic carbocycles. The van der Waals surface area contributed by atoms with E-state index in [-0.39, 0.29) is 0 Å². The van der Waals surface area contributed by atoms with Gasteiger partial charge < -0.3 is 4.42 Å². The van der Waals surface area contributed by atoms with Crippen LogP contribution in [0, 0.1) is 0 Å². The smallest absolute Gasteiger partial charge is 0.145 e. The molecule has 9 aromatic rings. The fourth-order valence-electron chi connectivity index (χ4n) is 6.56. The first-order valence-electron chi connectivity index (χ1n) is 15.5. The highest BCUT2D eigenvalue weighted by atomic mass is 16.3. The Labute approximate surface area is 266 Å². The molecule has 3 nitrogen and oxygen atoms in total. The van der Waals surface area contributed by atoms with Crippen molar-refractivity contribution in [1.29, 1.82) is 0 Å². The van der Waals surface area contributed by atoms with Crippen LogP contribution in [0.25, 0.3) is 83.4 Å². The molecule has 2 aromatic heterocycles. The minimum Gasteiger partial charge on any atom is -0.455 e. The maximum Gasteiger partial charge on any atom is 0.145 e. The van der Waals surface area contributed by atoms with Gasteiger partial charge in [0.15, 0.2) is 0 Å². The quantitative estimate of drug-likeness (QED) is 0.200. The van der Waals surface area contributed by atoms with Crippen LogP contribution in [0.15, 0.2) is 174 Å². The first-order valence-corrected chi connectivity index (χ1v) is 15.5. The van der Waals surface area contributed by atoms with Gasteiger partial charge in [-0.05, 0) is 76.3 Å². The largest absolute Gasteiger partial charge is 0.455 e. The summed E-state index contributed by atoms with van der Waals surface area (Å²) in [5, 5.41) is 2.22. The lowest BCUT2D eigenvalue weighted by molar-refractivity contribution is 0.670. The van der Waals surface area contributed by atoms with Gasteiger partial charge in [-0.15, -0.1) is 0 Å². The Balaban J connectivity index is 1.22. The summed E-state index contributed by atoms with van der Waals surface area (Å²) in [5.41, 5.74) is 12.8. The topological polar surface area (TPSA) is 31.0 Å². The molecule has 0 saturated carbocycles. The summed E-state index contributed by atoms with van der Waals surface area (Å²) >= 11 is 0. The second-order valence-corrected chi connectivity index (χ2v) is 11.6. The number of aromatic nitrogens is 2. The van der Waals surface area contributed by atoms with Crippen LogP contribution in [0.3, 0.4) is 0 Å². The van der Waals surface area contributed by atoms with E-state index in [4.69, 9.17) is 9.40 Å². The number of hydrogen-bond donors (Lipinski definition) is 0. The molecule has 0 radical (unpaired) electrons. The van der Waals surface area contributed by atoms with E-state index in [0.29, 0.717) is 0 Å². The summed E-state index contributed by atoms with van der Waals surface area (Å²) in [4.78, 5) is 5.07. The number of hydrogen-bond acceptors (Lipinski definition) is 2. The van der Waals surface area contributed by atoms with E-state index >= 15 is 0 Å². The van der Waals surface area contributed by atoms with E-state index in [2.05, 4.69) is 162 Å². The van der Waals surface area contributed by atoms with Crippen molar-refractivity contribution in [3.63, 3.8) is 0 Å². The minimum atomic E-state index is 0.884. The summed E-state index contributed by atoms with van der Waals surface area (Å²) in [5.74, 6) is 0.916. The predicted molar refractivity (Wildman–Crippen MR) is 190 cm³/mol. The molecule has 0 spiro atoms. The number of nitrogens with zero attached hydrogens (tertiary/aromatic N) is 2. The Bertz CT molecular complexity index is 2490. The van der Waals surface area contributed by atoms with Gasteiger partial charge >= 0.3 is 0 Å². The maximum atomic E-state index is 6.63.